The van der Waals surface area contributed by atoms with E-state index in [-0.39, 0.29) is 18.5 Å². The van der Waals surface area contributed by atoms with Crippen LogP contribution in [-0.4, -0.2) is 35.6 Å². The summed E-state index contributed by atoms with van der Waals surface area (Å²) < 4.78 is 24.8. The van der Waals surface area contributed by atoms with Gasteiger partial charge < -0.3 is 23.2 Å². The van der Waals surface area contributed by atoms with E-state index in [4.69, 9.17) is 18.6 Å². The molecule has 0 saturated heterocycles. The van der Waals surface area contributed by atoms with Crippen LogP contribution in [0.5, 0.6) is 11.5 Å². The Morgan fingerprint density at radius 1 is 1.19 bits per heavy atom. The molecule has 3 aromatic rings. The van der Waals surface area contributed by atoms with Gasteiger partial charge in [0, 0.05) is 23.0 Å². The summed E-state index contributed by atoms with van der Waals surface area (Å²) in [6.07, 6.45) is 2.52. The van der Waals surface area contributed by atoms with Gasteiger partial charge in [-0.3, -0.25) is 4.79 Å². The monoisotopic (exact) mass is 499 g/mol. The van der Waals surface area contributed by atoms with Gasteiger partial charge in [-0.1, -0.05) is 12.1 Å². The molecule has 0 fully saturated rings. The summed E-state index contributed by atoms with van der Waals surface area (Å²) in [7, 11) is 0. The van der Waals surface area contributed by atoms with E-state index in [1.54, 1.807) is 18.2 Å². The number of Topliss-reactive ketones (excluding diaryl/α,β-unsaturated/α-hetero) is 1. The average molecular weight is 500 g/mol. The minimum absolute atomic E-state index is 0.178. The van der Waals surface area contributed by atoms with Gasteiger partial charge >= 0.3 is 5.97 Å². The van der Waals surface area contributed by atoms with Crippen molar-refractivity contribution < 1.29 is 28.2 Å². The average Bonchev–Trinajstić information content (AvgIpc) is 3.33. The predicted octanol–water partition coefficient (Wildman–Crippen LogP) is 4.74. The number of furan rings is 1. The van der Waals surface area contributed by atoms with Crippen LogP contribution in [0.4, 0.5) is 0 Å². The number of aromatic nitrogens is 1. The minimum Gasteiger partial charge on any atom is -0.486 e. The third-order valence-electron chi connectivity index (χ3n) is 5.15. The topological polar surface area (TPSA) is 79.9 Å². The summed E-state index contributed by atoms with van der Waals surface area (Å²) in [5.74, 6) is 1.06. The molecule has 0 spiro atoms. The van der Waals surface area contributed by atoms with E-state index >= 15 is 0 Å². The summed E-state index contributed by atoms with van der Waals surface area (Å²) in [6.45, 7) is 4.42. The zero-order valence-corrected chi connectivity index (χ0v) is 19.3. The molecule has 32 heavy (non-hydrogen) atoms. The summed E-state index contributed by atoms with van der Waals surface area (Å²) in [4.78, 5) is 24.6. The van der Waals surface area contributed by atoms with Crippen LogP contribution in [0.2, 0.25) is 0 Å². The molecule has 0 amide bonds. The maximum atomic E-state index is 12.7. The number of carbonyl (C=O) groups excluding carboxylic acids is 2. The second-order valence-corrected chi connectivity index (χ2v) is 8.18. The van der Waals surface area contributed by atoms with Crippen LogP contribution in [0, 0.1) is 13.8 Å². The Labute approximate surface area is 193 Å². The smallest absolute Gasteiger partial charge is 0.331 e. The first kappa shape index (κ1) is 22.0. The van der Waals surface area contributed by atoms with Crippen molar-refractivity contribution in [1.29, 1.82) is 0 Å². The second kappa shape index (κ2) is 9.48. The number of hydrogen-bond acceptors (Lipinski definition) is 6. The normalized spacial score (nSPS) is 15.2. The molecular formula is C24H22BrNO6. The van der Waals surface area contributed by atoms with E-state index in [2.05, 4.69) is 15.9 Å². The number of ether oxygens (including phenoxy) is 3. The van der Waals surface area contributed by atoms with E-state index in [9.17, 15) is 9.59 Å². The van der Waals surface area contributed by atoms with Crippen LogP contribution >= 0.6 is 15.9 Å². The van der Waals surface area contributed by atoms with Gasteiger partial charge in [0.2, 0.25) is 5.78 Å². The van der Waals surface area contributed by atoms with Gasteiger partial charge in [0.25, 0.3) is 0 Å². The molecule has 0 saturated carbocycles. The lowest BCUT2D eigenvalue weighted by Gasteiger charge is -2.27. The van der Waals surface area contributed by atoms with Crippen LogP contribution in [0.1, 0.15) is 27.5 Å². The predicted molar refractivity (Wildman–Crippen MR) is 121 cm³/mol. The van der Waals surface area contributed by atoms with E-state index in [0.29, 0.717) is 34.9 Å². The molecule has 0 bridgehead atoms. The second-order valence-electron chi connectivity index (χ2n) is 7.40. The molecule has 1 aliphatic heterocycles. The van der Waals surface area contributed by atoms with Crippen LogP contribution < -0.4 is 9.47 Å². The lowest BCUT2D eigenvalue weighted by molar-refractivity contribution is -0.136. The van der Waals surface area contributed by atoms with Gasteiger partial charge in [-0.25, -0.2) is 4.79 Å². The highest BCUT2D eigenvalue weighted by Crippen LogP contribution is 2.31. The SMILES string of the molecule is Cc1cc(C(=O)COC(=O)/C=C/c2ccc(Br)o2)c(C)n1C[C@H]1COc2ccccc2O1. The van der Waals surface area contributed by atoms with Gasteiger partial charge in [0.05, 0.1) is 6.54 Å². The van der Waals surface area contributed by atoms with Gasteiger partial charge in [0.15, 0.2) is 28.9 Å². The Bertz CT molecular complexity index is 1180. The first-order valence-corrected chi connectivity index (χ1v) is 10.9. The number of esters is 1. The maximum Gasteiger partial charge on any atom is 0.331 e. The molecule has 0 aliphatic carbocycles. The lowest BCUT2D eigenvalue weighted by atomic mass is 10.1. The first-order chi connectivity index (χ1) is 15.4. The number of halogens is 1. The Morgan fingerprint density at radius 3 is 2.72 bits per heavy atom. The molecule has 1 atom stereocenters. The molecule has 7 nitrogen and oxygen atoms in total. The van der Waals surface area contributed by atoms with Crippen molar-refractivity contribution in [2.75, 3.05) is 13.2 Å². The summed E-state index contributed by atoms with van der Waals surface area (Å²) >= 11 is 3.19. The molecule has 3 heterocycles. The van der Waals surface area contributed by atoms with Gasteiger partial charge in [-0.05, 0) is 66.2 Å². The first-order valence-electron chi connectivity index (χ1n) is 10.1. The molecule has 1 aromatic carbocycles. The fraction of sp³-hybridized carbons (Fsp3) is 0.250. The quantitative estimate of drug-likeness (QED) is 0.265. The Morgan fingerprint density at radius 2 is 1.97 bits per heavy atom. The molecule has 1 aliphatic rings. The van der Waals surface area contributed by atoms with Crippen LogP contribution in [-0.2, 0) is 16.1 Å². The van der Waals surface area contributed by atoms with E-state index < -0.39 is 5.97 Å². The molecule has 0 N–H and O–H groups in total. The zero-order chi connectivity index (χ0) is 22.7. The van der Waals surface area contributed by atoms with Gasteiger partial charge in [0.1, 0.15) is 12.4 Å². The van der Waals surface area contributed by atoms with Crippen molar-refractivity contribution in [3.63, 3.8) is 0 Å². The van der Waals surface area contributed by atoms with Gasteiger partial charge in [-0.15, -0.1) is 0 Å². The highest BCUT2D eigenvalue weighted by atomic mass is 79.9. The van der Waals surface area contributed by atoms with Crippen LogP contribution in [0.3, 0.4) is 0 Å². The molecule has 2 aromatic heterocycles. The van der Waals surface area contributed by atoms with E-state index in [1.807, 2.05) is 42.7 Å². The highest BCUT2D eigenvalue weighted by molar-refractivity contribution is 9.10. The van der Waals surface area contributed by atoms with Crippen molar-refractivity contribution in [1.82, 2.24) is 4.57 Å². The third kappa shape index (κ3) is 4.96. The molecule has 4 rings (SSSR count). The summed E-state index contributed by atoms with van der Waals surface area (Å²) in [6, 6.07) is 12.8. The van der Waals surface area contributed by atoms with Crippen LogP contribution in [0.25, 0.3) is 6.08 Å². The number of benzene rings is 1. The minimum atomic E-state index is -0.619. The molecule has 8 heteroatoms. The van der Waals surface area contributed by atoms with Crippen LogP contribution in [0.15, 0.2) is 57.6 Å². The number of carbonyl (C=O) groups is 2. The lowest BCUT2D eigenvalue weighted by Crippen LogP contribution is -2.33. The molecule has 0 radical (unpaired) electrons. The highest BCUT2D eigenvalue weighted by Gasteiger charge is 2.24. The number of hydrogen-bond donors (Lipinski definition) is 0. The summed E-state index contributed by atoms with van der Waals surface area (Å²) in [5.41, 5.74) is 2.23. The fourth-order valence-corrected chi connectivity index (χ4v) is 3.87. The van der Waals surface area contributed by atoms with Crippen molar-refractivity contribution >= 4 is 33.8 Å². The summed E-state index contributed by atoms with van der Waals surface area (Å²) in [5, 5.41) is 0. The number of para-hydroxylation sites is 2. The van der Waals surface area contributed by atoms with Crippen molar-refractivity contribution in [2.24, 2.45) is 0 Å². The Balaban J connectivity index is 1.36. The molecule has 0 unspecified atom stereocenters. The van der Waals surface area contributed by atoms with E-state index in [1.165, 1.54) is 12.2 Å². The largest absolute Gasteiger partial charge is 0.486 e. The van der Waals surface area contributed by atoms with Crippen molar-refractivity contribution in [3.05, 3.63) is 75.9 Å². The third-order valence-corrected chi connectivity index (χ3v) is 5.58. The molecular weight excluding hydrogens is 478 g/mol. The fourth-order valence-electron chi connectivity index (χ4n) is 3.55. The number of aryl methyl sites for hydroxylation is 1. The standard InChI is InChI=1S/C24H22BrNO6/c1-15-11-19(20(27)14-30-24(28)10-8-17-7-9-23(25)32-17)16(2)26(15)12-18-13-29-21-5-3-4-6-22(21)31-18/h3-11,18H,12-14H2,1-2H3/b10-8+/t18-/m0/s1. The number of fused-ring (bicyclic) bond motifs is 1. The zero-order valence-electron chi connectivity index (χ0n) is 17.7. The van der Waals surface area contributed by atoms with E-state index in [0.717, 1.165) is 17.1 Å². The Kier molecular flexibility index (Phi) is 6.50. The molecule has 166 valence electrons. The maximum absolute atomic E-state index is 12.7. The number of rotatable bonds is 7. The Hall–Kier alpha value is -3.26. The number of nitrogens with zero attached hydrogens (tertiary/aromatic N) is 1. The number of ketones is 1. The van der Waals surface area contributed by atoms with Crippen molar-refractivity contribution in [3.8, 4) is 11.5 Å². The van der Waals surface area contributed by atoms with Crippen molar-refractivity contribution in [2.45, 2.75) is 26.5 Å². The van der Waals surface area contributed by atoms with Gasteiger partial charge in [-0.2, -0.15) is 0 Å².